The van der Waals surface area contributed by atoms with Gasteiger partial charge in [0.2, 0.25) is 0 Å². The second-order valence-electron chi connectivity index (χ2n) is 5.49. The minimum atomic E-state index is -0.936. The molecule has 0 fully saturated rings. The van der Waals surface area contributed by atoms with Crippen molar-refractivity contribution in [2.45, 2.75) is 13.0 Å². The molecule has 0 radical (unpaired) electrons. The number of nitrogens with one attached hydrogen (secondary N) is 2. The topological polar surface area (TPSA) is 137 Å². The maximum Gasteiger partial charge on any atom is 0.347 e. The molecule has 2 aromatic carbocycles. The third-order valence-electron chi connectivity index (χ3n) is 3.37. The van der Waals surface area contributed by atoms with E-state index in [2.05, 4.69) is 5.43 Å². The zero-order chi connectivity index (χ0) is 20.5. The molecule has 0 aliphatic heterocycles. The summed E-state index contributed by atoms with van der Waals surface area (Å²) in [7, 11) is 0. The minimum absolute atomic E-state index is 0.0172. The van der Waals surface area contributed by atoms with Gasteiger partial charge in [0.25, 0.3) is 17.5 Å². The number of esters is 1. The third-order valence-corrected chi connectivity index (χ3v) is 3.37. The number of nitro groups is 1. The molecule has 0 saturated heterocycles. The molecule has 0 spiro atoms. The number of amides is 2. The van der Waals surface area contributed by atoms with Gasteiger partial charge in [-0.2, -0.15) is 0 Å². The monoisotopic (exact) mass is 387 g/mol. The third kappa shape index (κ3) is 6.09. The number of rotatable bonds is 7. The first-order chi connectivity index (χ1) is 13.4. The van der Waals surface area contributed by atoms with Gasteiger partial charge < -0.3 is 9.47 Å². The van der Waals surface area contributed by atoms with Crippen molar-refractivity contribution in [1.29, 1.82) is 0 Å². The first-order valence-electron chi connectivity index (χ1n) is 8.09. The average molecular weight is 387 g/mol. The highest BCUT2D eigenvalue weighted by Crippen LogP contribution is 2.13. The SMILES string of the molecule is C[C@@H](Oc1ccccc1)C(=O)OCC(=O)NNC(=O)c1cccc([N+](=O)[O-])c1. The van der Waals surface area contributed by atoms with E-state index >= 15 is 0 Å². The zero-order valence-electron chi connectivity index (χ0n) is 14.8. The predicted octanol–water partition coefficient (Wildman–Crippen LogP) is 1.37. The Morgan fingerprint density at radius 1 is 1.07 bits per heavy atom. The van der Waals surface area contributed by atoms with Crippen molar-refractivity contribution in [1.82, 2.24) is 10.9 Å². The van der Waals surface area contributed by atoms with Crippen molar-refractivity contribution in [3.05, 3.63) is 70.3 Å². The lowest BCUT2D eigenvalue weighted by molar-refractivity contribution is -0.384. The Bertz CT molecular complexity index is 870. The lowest BCUT2D eigenvalue weighted by atomic mass is 10.2. The Morgan fingerprint density at radius 2 is 1.79 bits per heavy atom. The molecule has 1 atom stereocenters. The lowest BCUT2D eigenvalue weighted by Gasteiger charge is -2.14. The number of carbonyl (C=O) groups is 3. The molecule has 10 heteroatoms. The van der Waals surface area contributed by atoms with Crippen molar-refractivity contribution in [3.8, 4) is 5.75 Å². The van der Waals surface area contributed by atoms with Crippen molar-refractivity contribution < 1.29 is 28.8 Å². The molecule has 2 amide bonds. The van der Waals surface area contributed by atoms with Crippen LogP contribution in [-0.2, 0) is 14.3 Å². The van der Waals surface area contributed by atoms with Crippen LogP contribution in [-0.4, -0.2) is 35.4 Å². The first-order valence-corrected chi connectivity index (χ1v) is 8.09. The molecule has 0 aliphatic carbocycles. The van der Waals surface area contributed by atoms with Gasteiger partial charge in [-0.3, -0.25) is 30.6 Å². The van der Waals surface area contributed by atoms with Crippen molar-refractivity contribution >= 4 is 23.5 Å². The number of hydrogen-bond acceptors (Lipinski definition) is 7. The van der Waals surface area contributed by atoms with Crippen LogP contribution in [0.2, 0.25) is 0 Å². The number of non-ortho nitro benzene ring substituents is 1. The summed E-state index contributed by atoms with van der Waals surface area (Å²) in [6, 6.07) is 13.6. The number of hydrazine groups is 1. The summed E-state index contributed by atoms with van der Waals surface area (Å²) in [5, 5.41) is 10.7. The summed E-state index contributed by atoms with van der Waals surface area (Å²) in [6.45, 7) is 0.827. The molecule has 10 nitrogen and oxygen atoms in total. The summed E-state index contributed by atoms with van der Waals surface area (Å²) in [5.74, 6) is -1.84. The van der Waals surface area contributed by atoms with Crippen LogP contribution in [0.25, 0.3) is 0 Å². The van der Waals surface area contributed by atoms with E-state index in [9.17, 15) is 24.5 Å². The highest BCUT2D eigenvalue weighted by atomic mass is 16.6. The van der Waals surface area contributed by atoms with Crippen LogP contribution in [0.3, 0.4) is 0 Å². The maximum atomic E-state index is 11.9. The molecule has 146 valence electrons. The Morgan fingerprint density at radius 3 is 2.46 bits per heavy atom. The second kappa shape index (κ2) is 9.67. The van der Waals surface area contributed by atoms with Crippen LogP contribution < -0.4 is 15.6 Å². The Kier molecular flexibility index (Phi) is 7.03. The van der Waals surface area contributed by atoms with Crippen LogP contribution in [0.5, 0.6) is 5.75 Å². The van der Waals surface area contributed by atoms with Gasteiger partial charge in [-0.05, 0) is 25.1 Å². The van der Waals surface area contributed by atoms with Crippen LogP contribution >= 0.6 is 0 Å². The normalized spacial score (nSPS) is 11.0. The molecule has 2 rings (SSSR count). The van der Waals surface area contributed by atoms with E-state index in [1.165, 1.54) is 25.1 Å². The first kappa shape index (κ1) is 20.4. The molecule has 28 heavy (non-hydrogen) atoms. The molecular formula is C18H17N3O7. The summed E-state index contributed by atoms with van der Waals surface area (Å²) in [6.07, 6.45) is -0.936. The van der Waals surface area contributed by atoms with E-state index in [4.69, 9.17) is 9.47 Å². The molecule has 0 unspecified atom stereocenters. The molecule has 2 aromatic rings. The van der Waals surface area contributed by atoms with Crippen LogP contribution in [0.15, 0.2) is 54.6 Å². The second-order valence-corrected chi connectivity index (χ2v) is 5.49. The lowest BCUT2D eigenvalue weighted by Crippen LogP contribution is -2.44. The fourth-order valence-electron chi connectivity index (χ4n) is 2.00. The summed E-state index contributed by atoms with van der Waals surface area (Å²) >= 11 is 0. The minimum Gasteiger partial charge on any atom is -0.479 e. The highest BCUT2D eigenvalue weighted by Gasteiger charge is 2.18. The summed E-state index contributed by atoms with van der Waals surface area (Å²) < 4.78 is 10.2. The average Bonchev–Trinajstić information content (AvgIpc) is 2.70. The Balaban J connectivity index is 1.76. The van der Waals surface area contributed by atoms with Crippen molar-refractivity contribution in [3.63, 3.8) is 0 Å². The zero-order valence-corrected chi connectivity index (χ0v) is 14.8. The van der Waals surface area contributed by atoms with Crippen molar-refractivity contribution in [2.75, 3.05) is 6.61 Å². The van der Waals surface area contributed by atoms with Gasteiger partial charge >= 0.3 is 5.97 Å². The molecule has 0 saturated carbocycles. The number of nitro benzene ring substituents is 1. The van der Waals surface area contributed by atoms with Gasteiger partial charge in [0.1, 0.15) is 5.75 Å². The molecule has 0 aliphatic rings. The van der Waals surface area contributed by atoms with Crippen LogP contribution in [0, 0.1) is 10.1 Å². The van der Waals surface area contributed by atoms with Gasteiger partial charge in [-0.1, -0.05) is 24.3 Å². The van der Waals surface area contributed by atoms with Gasteiger partial charge in [-0.25, -0.2) is 4.79 Å². The van der Waals surface area contributed by atoms with E-state index in [1.807, 2.05) is 5.43 Å². The van der Waals surface area contributed by atoms with Gasteiger partial charge in [0, 0.05) is 17.7 Å². The largest absolute Gasteiger partial charge is 0.479 e. The number of hydrogen-bond donors (Lipinski definition) is 2. The molecule has 0 bridgehead atoms. The molecule has 0 aromatic heterocycles. The Hall–Kier alpha value is -3.95. The standard InChI is InChI=1S/C18H17N3O7/c1-12(28-15-8-3-2-4-9-15)18(24)27-11-16(22)19-20-17(23)13-6-5-7-14(10-13)21(25)26/h2-10,12H,11H2,1H3,(H,19,22)(H,20,23)/t12-/m1/s1. The number of benzene rings is 2. The summed E-state index contributed by atoms with van der Waals surface area (Å²) in [5.41, 5.74) is 3.84. The molecule has 0 heterocycles. The van der Waals surface area contributed by atoms with E-state index in [1.54, 1.807) is 30.3 Å². The number of nitrogens with zero attached hydrogens (tertiary/aromatic N) is 1. The van der Waals surface area contributed by atoms with E-state index in [0.29, 0.717) is 5.75 Å². The van der Waals surface area contributed by atoms with Crippen LogP contribution in [0.1, 0.15) is 17.3 Å². The smallest absolute Gasteiger partial charge is 0.347 e. The quantitative estimate of drug-likeness (QED) is 0.416. The fraction of sp³-hybridized carbons (Fsp3) is 0.167. The molecule has 2 N–H and O–H groups in total. The highest BCUT2D eigenvalue weighted by molar-refractivity contribution is 5.96. The maximum absolute atomic E-state index is 11.9. The fourth-order valence-corrected chi connectivity index (χ4v) is 2.00. The van der Waals surface area contributed by atoms with Crippen molar-refractivity contribution in [2.24, 2.45) is 0 Å². The molecular weight excluding hydrogens is 370 g/mol. The number of para-hydroxylation sites is 1. The predicted molar refractivity (Wildman–Crippen MR) is 96.2 cm³/mol. The number of ether oxygens (including phenoxy) is 2. The summed E-state index contributed by atoms with van der Waals surface area (Å²) in [4.78, 5) is 45.5. The van der Waals surface area contributed by atoms with E-state index < -0.39 is 35.4 Å². The van der Waals surface area contributed by atoms with Gasteiger partial charge in [-0.15, -0.1) is 0 Å². The number of carbonyl (C=O) groups excluding carboxylic acids is 3. The Labute approximate surface area is 159 Å². The van der Waals surface area contributed by atoms with E-state index in [-0.39, 0.29) is 11.3 Å². The van der Waals surface area contributed by atoms with E-state index in [0.717, 1.165) is 6.07 Å². The van der Waals surface area contributed by atoms with Gasteiger partial charge in [0.05, 0.1) is 4.92 Å². The van der Waals surface area contributed by atoms with Crippen LogP contribution in [0.4, 0.5) is 5.69 Å². The van der Waals surface area contributed by atoms with Gasteiger partial charge in [0.15, 0.2) is 12.7 Å².